The molecule has 0 bridgehead atoms. The fraction of sp³-hybridized carbons (Fsp3) is 0.600. The van der Waals surface area contributed by atoms with Gasteiger partial charge in [0.05, 0.1) is 12.1 Å². The summed E-state index contributed by atoms with van der Waals surface area (Å²) in [6.45, 7) is 0.869. The predicted molar refractivity (Wildman–Crippen MR) is 72.1 cm³/mol. The number of hydrogen-bond donors (Lipinski definition) is 2. The summed E-state index contributed by atoms with van der Waals surface area (Å²) >= 11 is 0. The van der Waals surface area contributed by atoms with Crippen LogP contribution in [0.4, 0.5) is 0 Å². The van der Waals surface area contributed by atoms with Crippen molar-refractivity contribution < 1.29 is 4.74 Å². The van der Waals surface area contributed by atoms with Crippen LogP contribution in [0.1, 0.15) is 55.2 Å². The summed E-state index contributed by atoms with van der Waals surface area (Å²) < 4.78 is 5.80. The highest BCUT2D eigenvalue weighted by molar-refractivity contribution is 5.35. The summed E-state index contributed by atoms with van der Waals surface area (Å²) in [4.78, 5) is 0. The zero-order chi connectivity index (χ0) is 12.4. The molecule has 18 heavy (non-hydrogen) atoms. The molecule has 1 saturated heterocycles. The molecule has 2 atom stereocenters. The number of ether oxygens (including phenoxy) is 1. The average molecular weight is 246 g/mol. The van der Waals surface area contributed by atoms with E-state index in [-0.39, 0.29) is 12.1 Å². The molecule has 3 N–H and O–H groups in total. The molecular formula is C15H22N2O. The molecule has 3 rings (SSSR count). The molecule has 1 aromatic rings. The SMILES string of the molecule is NNC(c1ccccc1C1CCC1)C1CCCO1. The predicted octanol–water partition coefficient (Wildman–Crippen LogP) is 2.64. The van der Waals surface area contributed by atoms with Crippen LogP contribution in [0.25, 0.3) is 0 Å². The highest BCUT2D eigenvalue weighted by Crippen LogP contribution is 2.40. The topological polar surface area (TPSA) is 47.3 Å². The molecule has 3 heteroatoms. The molecule has 2 fully saturated rings. The largest absolute Gasteiger partial charge is 0.376 e. The van der Waals surface area contributed by atoms with Crippen LogP contribution in [-0.2, 0) is 4.74 Å². The maximum absolute atomic E-state index is 5.80. The van der Waals surface area contributed by atoms with Gasteiger partial charge in [0, 0.05) is 6.61 Å². The summed E-state index contributed by atoms with van der Waals surface area (Å²) in [5.74, 6) is 6.52. The van der Waals surface area contributed by atoms with E-state index in [1.165, 1.54) is 30.4 Å². The quantitative estimate of drug-likeness (QED) is 0.634. The summed E-state index contributed by atoms with van der Waals surface area (Å²) in [6.07, 6.45) is 6.48. The molecule has 0 amide bonds. The molecular weight excluding hydrogens is 224 g/mol. The molecule has 2 unspecified atom stereocenters. The van der Waals surface area contributed by atoms with Gasteiger partial charge in [0.15, 0.2) is 0 Å². The lowest BCUT2D eigenvalue weighted by atomic mass is 9.76. The first-order valence-corrected chi connectivity index (χ1v) is 7.06. The van der Waals surface area contributed by atoms with E-state index < -0.39 is 0 Å². The Morgan fingerprint density at radius 2 is 2.00 bits per heavy atom. The lowest BCUT2D eigenvalue weighted by Gasteiger charge is -2.32. The number of hydrazine groups is 1. The van der Waals surface area contributed by atoms with Gasteiger partial charge in [-0.15, -0.1) is 0 Å². The Balaban J connectivity index is 1.88. The van der Waals surface area contributed by atoms with E-state index in [0.717, 1.165) is 25.4 Å². The van der Waals surface area contributed by atoms with Gasteiger partial charge in [-0.05, 0) is 42.7 Å². The lowest BCUT2D eigenvalue weighted by Crippen LogP contribution is -2.37. The fourth-order valence-electron chi connectivity index (χ4n) is 3.15. The molecule has 0 radical (unpaired) electrons. The average Bonchev–Trinajstić information content (AvgIpc) is 2.84. The smallest absolute Gasteiger partial charge is 0.0783 e. The number of benzene rings is 1. The van der Waals surface area contributed by atoms with E-state index in [1.807, 2.05) is 0 Å². The van der Waals surface area contributed by atoms with Gasteiger partial charge < -0.3 is 4.74 Å². The van der Waals surface area contributed by atoms with Gasteiger partial charge in [0.2, 0.25) is 0 Å². The molecule has 1 aliphatic carbocycles. The molecule has 98 valence electrons. The second-order valence-corrected chi connectivity index (χ2v) is 5.45. The van der Waals surface area contributed by atoms with Crippen LogP contribution in [0.15, 0.2) is 24.3 Å². The minimum absolute atomic E-state index is 0.143. The van der Waals surface area contributed by atoms with Gasteiger partial charge >= 0.3 is 0 Å². The highest BCUT2D eigenvalue weighted by atomic mass is 16.5. The maximum atomic E-state index is 5.80. The third kappa shape index (κ3) is 2.18. The van der Waals surface area contributed by atoms with Gasteiger partial charge in [-0.25, -0.2) is 0 Å². The molecule has 1 heterocycles. The van der Waals surface area contributed by atoms with Crippen LogP contribution in [-0.4, -0.2) is 12.7 Å². The van der Waals surface area contributed by atoms with Crippen molar-refractivity contribution in [2.75, 3.05) is 6.61 Å². The molecule has 2 aliphatic rings. The van der Waals surface area contributed by atoms with Gasteiger partial charge in [-0.2, -0.15) is 0 Å². The Labute approximate surface area is 109 Å². The Kier molecular flexibility index (Phi) is 3.64. The van der Waals surface area contributed by atoms with Gasteiger partial charge in [0.25, 0.3) is 0 Å². The van der Waals surface area contributed by atoms with E-state index in [0.29, 0.717) is 0 Å². The zero-order valence-corrected chi connectivity index (χ0v) is 10.8. The van der Waals surface area contributed by atoms with Crippen LogP contribution in [0.2, 0.25) is 0 Å². The van der Waals surface area contributed by atoms with Crippen molar-refractivity contribution in [3.05, 3.63) is 35.4 Å². The van der Waals surface area contributed by atoms with Crippen molar-refractivity contribution >= 4 is 0 Å². The third-order valence-electron chi connectivity index (χ3n) is 4.39. The van der Waals surface area contributed by atoms with Crippen LogP contribution in [0.5, 0.6) is 0 Å². The second kappa shape index (κ2) is 5.39. The first-order valence-electron chi connectivity index (χ1n) is 7.06. The summed E-state index contributed by atoms with van der Waals surface area (Å²) in [5, 5.41) is 0. The number of nitrogens with one attached hydrogen (secondary N) is 1. The standard InChI is InChI=1S/C15H22N2O/c16-17-15(14-9-4-10-18-14)13-8-2-1-7-12(13)11-5-3-6-11/h1-2,7-8,11,14-15,17H,3-6,9-10,16H2. The molecule has 0 spiro atoms. The van der Waals surface area contributed by atoms with Gasteiger partial charge in [-0.1, -0.05) is 30.7 Å². The third-order valence-corrected chi connectivity index (χ3v) is 4.39. The maximum Gasteiger partial charge on any atom is 0.0783 e. The molecule has 1 aliphatic heterocycles. The van der Waals surface area contributed by atoms with Crippen molar-refractivity contribution in [3.8, 4) is 0 Å². The Morgan fingerprint density at radius 1 is 1.17 bits per heavy atom. The number of rotatable bonds is 4. The molecule has 1 saturated carbocycles. The van der Waals surface area contributed by atoms with Crippen LogP contribution in [0, 0.1) is 0 Å². The summed E-state index contributed by atoms with van der Waals surface area (Å²) in [6, 6.07) is 8.86. The van der Waals surface area contributed by atoms with E-state index >= 15 is 0 Å². The normalized spacial score (nSPS) is 25.9. The van der Waals surface area contributed by atoms with Crippen molar-refractivity contribution in [1.29, 1.82) is 0 Å². The van der Waals surface area contributed by atoms with E-state index in [4.69, 9.17) is 10.6 Å². The van der Waals surface area contributed by atoms with Crippen molar-refractivity contribution in [1.82, 2.24) is 5.43 Å². The fourth-order valence-corrected chi connectivity index (χ4v) is 3.15. The minimum atomic E-state index is 0.143. The number of hydrogen-bond acceptors (Lipinski definition) is 3. The van der Waals surface area contributed by atoms with Gasteiger partial charge in [-0.3, -0.25) is 11.3 Å². The Hall–Kier alpha value is -0.900. The summed E-state index contributed by atoms with van der Waals surface area (Å²) in [7, 11) is 0. The monoisotopic (exact) mass is 246 g/mol. The number of nitrogens with two attached hydrogens (primary N) is 1. The summed E-state index contributed by atoms with van der Waals surface area (Å²) in [5.41, 5.74) is 5.80. The first-order chi connectivity index (χ1) is 8.90. The molecule has 0 aromatic heterocycles. The second-order valence-electron chi connectivity index (χ2n) is 5.45. The minimum Gasteiger partial charge on any atom is -0.376 e. The molecule has 3 nitrogen and oxygen atoms in total. The van der Waals surface area contributed by atoms with E-state index in [9.17, 15) is 0 Å². The van der Waals surface area contributed by atoms with Crippen molar-refractivity contribution in [3.63, 3.8) is 0 Å². The van der Waals surface area contributed by atoms with Gasteiger partial charge in [0.1, 0.15) is 0 Å². The highest BCUT2D eigenvalue weighted by Gasteiger charge is 2.30. The van der Waals surface area contributed by atoms with E-state index in [1.54, 1.807) is 0 Å². The first kappa shape index (κ1) is 12.2. The zero-order valence-electron chi connectivity index (χ0n) is 10.8. The molecule has 1 aromatic carbocycles. The Bertz CT molecular complexity index is 397. The van der Waals surface area contributed by atoms with Crippen LogP contribution >= 0.6 is 0 Å². The van der Waals surface area contributed by atoms with Crippen molar-refractivity contribution in [2.24, 2.45) is 5.84 Å². The Morgan fingerprint density at radius 3 is 2.61 bits per heavy atom. The van der Waals surface area contributed by atoms with Crippen molar-refractivity contribution in [2.45, 2.75) is 50.2 Å². The lowest BCUT2D eigenvalue weighted by molar-refractivity contribution is 0.0778. The van der Waals surface area contributed by atoms with Crippen LogP contribution in [0.3, 0.4) is 0 Å². The van der Waals surface area contributed by atoms with Crippen LogP contribution < -0.4 is 11.3 Å². The van der Waals surface area contributed by atoms with E-state index in [2.05, 4.69) is 29.7 Å².